The Hall–Kier alpha value is -1.18. The molecular formula is C10H12F2N2O. The minimum absolute atomic E-state index is 0.0530. The number of hydrogen-bond acceptors (Lipinski definition) is 2. The van der Waals surface area contributed by atoms with E-state index in [9.17, 15) is 13.6 Å². The lowest BCUT2D eigenvalue weighted by Crippen LogP contribution is -2.32. The Bertz CT molecular complexity index is 324. The third-order valence-electron chi connectivity index (χ3n) is 3.41. The maximum Gasteiger partial charge on any atom is 0.252 e. The third kappa shape index (κ3) is 1.69. The van der Waals surface area contributed by atoms with Crippen molar-refractivity contribution in [1.82, 2.24) is 4.90 Å². The molecule has 1 aliphatic heterocycles. The zero-order valence-electron chi connectivity index (χ0n) is 8.25. The molecule has 0 aromatic rings. The molecule has 0 spiro atoms. The normalized spacial score (nSPS) is 32.5. The van der Waals surface area contributed by atoms with Crippen LogP contribution < -0.4 is 0 Å². The average molecular weight is 214 g/mol. The van der Waals surface area contributed by atoms with Crippen molar-refractivity contribution in [3.63, 3.8) is 0 Å². The molecule has 1 saturated carbocycles. The number of rotatable bonds is 1. The van der Waals surface area contributed by atoms with Crippen LogP contribution in [0, 0.1) is 23.2 Å². The summed E-state index contributed by atoms with van der Waals surface area (Å²) < 4.78 is 26.6. The van der Waals surface area contributed by atoms with Gasteiger partial charge in [0.05, 0.1) is 6.07 Å². The standard InChI is InChI=1S/C10H12F2N2O/c11-10(12)3-1-7-5-14(6-8(7)10)9(15)2-4-13/h7-8H,1-3,5-6H2/t7-,8+/m1/s1. The van der Waals surface area contributed by atoms with E-state index in [-0.39, 0.29) is 31.2 Å². The quantitative estimate of drug-likeness (QED) is 0.662. The van der Waals surface area contributed by atoms with Crippen molar-refractivity contribution in [3.05, 3.63) is 0 Å². The SMILES string of the molecule is N#CCC(=O)N1C[C@H]2CCC(F)(F)[C@H]2C1. The van der Waals surface area contributed by atoms with Gasteiger partial charge in [-0.25, -0.2) is 8.78 Å². The van der Waals surface area contributed by atoms with Crippen LogP contribution in [0.5, 0.6) is 0 Å². The highest BCUT2D eigenvalue weighted by Crippen LogP contribution is 2.48. The van der Waals surface area contributed by atoms with E-state index >= 15 is 0 Å². The van der Waals surface area contributed by atoms with Crippen molar-refractivity contribution in [2.45, 2.75) is 25.2 Å². The predicted molar refractivity (Wildman–Crippen MR) is 48.0 cm³/mol. The molecule has 82 valence electrons. The second-order valence-corrected chi connectivity index (χ2v) is 4.30. The summed E-state index contributed by atoms with van der Waals surface area (Å²) in [5.41, 5.74) is 0. The summed E-state index contributed by atoms with van der Waals surface area (Å²) in [5.74, 6) is -3.68. The Morgan fingerprint density at radius 1 is 1.53 bits per heavy atom. The number of alkyl halides is 2. The van der Waals surface area contributed by atoms with Gasteiger partial charge in [-0.1, -0.05) is 0 Å². The molecule has 1 heterocycles. The number of hydrogen-bond donors (Lipinski definition) is 0. The second-order valence-electron chi connectivity index (χ2n) is 4.30. The van der Waals surface area contributed by atoms with Gasteiger partial charge < -0.3 is 4.90 Å². The minimum Gasteiger partial charge on any atom is -0.341 e. The molecule has 0 radical (unpaired) electrons. The molecule has 0 unspecified atom stereocenters. The predicted octanol–water partition coefficient (Wildman–Crippen LogP) is 1.40. The Kier molecular flexibility index (Phi) is 2.37. The summed E-state index contributed by atoms with van der Waals surface area (Å²) in [6, 6.07) is 1.75. The number of nitriles is 1. The topological polar surface area (TPSA) is 44.1 Å². The van der Waals surface area contributed by atoms with E-state index in [1.165, 1.54) is 4.90 Å². The number of nitrogens with zero attached hydrogens (tertiary/aromatic N) is 2. The van der Waals surface area contributed by atoms with Gasteiger partial charge in [-0.05, 0) is 12.3 Å². The smallest absolute Gasteiger partial charge is 0.252 e. The molecule has 5 heteroatoms. The largest absolute Gasteiger partial charge is 0.341 e. The number of likely N-dealkylation sites (tertiary alicyclic amines) is 1. The van der Waals surface area contributed by atoms with E-state index in [1.807, 2.05) is 0 Å². The summed E-state index contributed by atoms with van der Waals surface area (Å²) >= 11 is 0. The molecular weight excluding hydrogens is 202 g/mol. The lowest BCUT2D eigenvalue weighted by molar-refractivity contribution is -0.130. The first-order valence-electron chi connectivity index (χ1n) is 5.07. The number of carbonyl (C=O) groups is 1. The van der Waals surface area contributed by atoms with E-state index in [0.717, 1.165) is 0 Å². The summed E-state index contributed by atoms with van der Waals surface area (Å²) in [5, 5.41) is 8.36. The van der Waals surface area contributed by atoms with Crippen molar-refractivity contribution < 1.29 is 13.6 Å². The molecule has 2 rings (SSSR count). The van der Waals surface area contributed by atoms with E-state index in [0.29, 0.717) is 13.0 Å². The number of fused-ring (bicyclic) bond motifs is 1. The van der Waals surface area contributed by atoms with Crippen LogP contribution in [0.3, 0.4) is 0 Å². The Morgan fingerprint density at radius 2 is 2.27 bits per heavy atom. The van der Waals surface area contributed by atoms with Crippen molar-refractivity contribution in [3.8, 4) is 6.07 Å². The number of carbonyl (C=O) groups excluding carboxylic acids is 1. The first kappa shape index (κ1) is 10.3. The molecule has 0 N–H and O–H groups in total. The molecule has 1 aliphatic carbocycles. The lowest BCUT2D eigenvalue weighted by atomic mass is 9.99. The number of halogens is 2. The molecule has 3 nitrogen and oxygen atoms in total. The average Bonchev–Trinajstić information content (AvgIpc) is 2.68. The van der Waals surface area contributed by atoms with E-state index in [4.69, 9.17) is 5.26 Å². The van der Waals surface area contributed by atoms with Gasteiger partial charge in [0, 0.05) is 25.4 Å². The van der Waals surface area contributed by atoms with E-state index in [1.54, 1.807) is 6.07 Å². The summed E-state index contributed by atoms with van der Waals surface area (Å²) in [7, 11) is 0. The Balaban J connectivity index is 2.02. The van der Waals surface area contributed by atoms with E-state index < -0.39 is 11.8 Å². The van der Waals surface area contributed by atoms with Gasteiger partial charge in [-0.15, -0.1) is 0 Å². The second kappa shape index (κ2) is 3.44. The van der Waals surface area contributed by atoms with Crippen LogP contribution in [0.1, 0.15) is 19.3 Å². The van der Waals surface area contributed by atoms with Crippen LogP contribution in [-0.2, 0) is 4.79 Å². The lowest BCUT2D eigenvalue weighted by Gasteiger charge is -2.19. The van der Waals surface area contributed by atoms with Crippen LogP contribution in [0.2, 0.25) is 0 Å². The van der Waals surface area contributed by atoms with Crippen LogP contribution in [0.15, 0.2) is 0 Å². The van der Waals surface area contributed by atoms with Crippen LogP contribution >= 0.6 is 0 Å². The first-order chi connectivity index (χ1) is 7.04. The molecule has 2 fully saturated rings. The Labute approximate surface area is 86.7 Å². The molecule has 0 aromatic carbocycles. The van der Waals surface area contributed by atoms with Crippen LogP contribution in [-0.4, -0.2) is 29.8 Å². The highest BCUT2D eigenvalue weighted by Gasteiger charge is 2.54. The molecule has 0 aromatic heterocycles. The van der Waals surface area contributed by atoms with Crippen molar-refractivity contribution in [2.24, 2.45) is 11.8 Å². The Morgan fingerprint density at radius 3 is 2.87 bits per heavy atom. The molecule has 2 atom stereocenters. The fourth-order valence-corrected chi connectivity index (χ4v) is 2.59. The molecule has 15 heavy (non-hydrogen) atoms. The highest BCUT2D eigenvalue weighted by atomic mass is 19.3. The highest BCUT2D eigenvalue weighted by molar-refractivity contribution is 5.78. The van der Waals surface area contributed by atoms with Crippen LogP contribution in [0.25, 0.3) is 0 Å². The van der Waals surface area contributed by atoms with Gasteiger partial charge in [0.1, 0.15) is 6.42 Å². The maximum atomic E-state index is 13.3. The maximum absolute atomic E-state index is 13.3. The summed E-state index contributed by atoms with van der Waals surface area (Å²) in [6.07, 6.45) is 0.238. The molecule has 0 bridgehead atoms. The van der Waals surface area contributed by atoms with Gasteiger partial charge in [0.25, 0.3) is 5.92 Å². The zero-order chi connectivity index (χ0) is 11.1. The molecule has 1 saturated heterocycles. The molecule has 1 amide bonds. The van der Waals surface area contributed by atoms with Crippen molar-refractivity contribution >= 4 is 5.91 Å². The van der Waals surface area contributed by atoms with Gasteiger partial charge in [0.15, 0.2) is 0 Å². The molecule has 2 aliphatic rings. The van der Waals surface area contributed by atoms with Gasteiger partial charge >= 0.3 is 0 Å². The fraction of sp³-hybridized carbons (Fsp3) is 0.800. The summed E-state index contributed by atoms with van der Waals surface area (Å²) in [6.45, 7) is 0.527. The number of amides is 1. The van der Waals surface area contributed by atoms with Crippen molar-refractivity contribution in [2.75, 3.05) is 13.1 Å². The van der Waals surface area contributed by atoms with E-state index in [2.05, 4.69) is 0 Å². The van der Waals surface area contributed by atoms with Gasteiger partial charge in [0.2, 0.25) is 5.91 Å². The zero-order valence-corrected chi connectivity index (χ0v) is 8.25. The first-order valence-corrected chi connectivity index (χ1v) is 5.07. The summed E-state index contributed by atoms with van der Waals surface area (Å²) in [4.78, 5) is 12.8. The monoisotopic (exact) mass is 214 g/mol. The van der Waals surface area contributed by atoms with Crippen molar-refractivity contribution in [1.29, 1.82) is 5.26 Å². The fourth-order valence-electron chi connectivity index (χ4n) is 2.59. The third-order valence-corrected chi connectivity index (χ3v) is 3.41. The van der Waals surface area contributed by atoms with Gasteiger partial charge in [-0.3, -0.25) is 4.79 Å². The van der Waals surface area contributed by atoms with Gasteiger partial charge in [-0.2, -0.15) is 5.26 Å². The van der Waals surface area contributed by atoms with Crippen LogP contribution in [0.4, 0.5) is 8.78 Å². The minimum atomic E-state index is -2.62.